The summed E-state index contributed by atoms with van der Waals surface area (Å²) in [5.74, 6) is 1.22. The molecule has 0 bridgehead atoms. The van der Waals surface area contributed by atoms with Gasteiger partial charge in [0.15, 0.2) is 0 Å². The Balaban J connectivity index is 1.20. The maximum absolute atomic E-state index is 13.9. The molecule has 0 unspecified atom stereocenters. The van der Waals surface area contributed by atoms with Gasteiger partial charge in [-0.25, -0.2) is 18.3 Å². The highest BCUT2D eigenvalue weighted by Gasteiger charge is 2.28. The number of piperidine rings is 1. The lowest BCUT2D eigenvalue weighted by atomic mass is 9.86. The molecule has 0 radical (unpaired) electrons. The molecule has 35 heavy (non-hydrogen) atoms. The average Bonchev–Trinajstić information content (AvgIpc) is 3.41. The highest BCUT2D eigenvalue weighted by molar-refractivity contribution is 5.88. The summed E-state index contributed by atoms with van der Waals surface area (Å²) in [6, 6.07) is 10.9. The molecule has 0 spiro atoms. The van der Waals surface area contributed by atoms with Gasteiger partial charge < -0.3 is 9.32 Å². The Morgan fingerprint density at radius 2 is 1.71 bits per heavy atom. The number of furan rings is 1. The van der Waals surface area contributed by atoms with Crippen LogP contribution in [0.15, 0.2) is 51.7 Å². The number of nitrogens with zero attached hydrogens (tertiary/aromatic N) is 4. The summed E-state index contributed by atoms with van der Waals surface area (Å²) >= 11 is 0. The maximum Gasteiger partial charge on any atom is 0.345 e. The summed E-state index contributed by atoms with van der Waals surface area (Å²) in [6.07, 6.45) is 4.87. The van der Waals surface area contributed by atoms with E-state index in [9.17, 15) is 13.6 Å². The molecule has 0 aliphatic carbocycles. The molecular weight excluding hydrogens is 450 g/mol. The molecule has 4 heterocycles. The summed E-state index contributed by atoms with van der Waals surface area (Å²) in [4.78, 5) is 15.0. The minimum Gasteiger partial charge on any atom is -0.456 e. The molecule has 0 atom stereocenters. The van der Waals surface area contributed by atoms with Crippen LogP contribution in [0.2, 0.25) is 0 Å². The third-order valence-electron chi connectivity index (χ3n) is 7.45. The lowest BCUT2D eigenvalue weighted by Crippen LogP contribution is -2.37. The molecule has 0 amide bonds. The van der Waals surface area contributed by atoms with Gasteiger partial charge in [0.2, 0.25) is 0 Å². The lowest BCUT2D eigenvalue weighted by Gasteiger charge is -2.32. The van der Waals surface area contributed by atoms with Crippen molar-refractivity contribution in [3.05, 3.63) is 76.0 Å². The standard InChI is InChI=1S/C27H28F2N4O2/c28-20-6-4-19(5-7-20)26-25(22-9-8-21(29)17-23(22)35-26)18-10-13-31(14-11-18)15-16-33-27(34)32-12-2-1-3-24(32)30-33/h4-9,17-18H,1-3,10-16H2. The number of benzene rings is 2. The number of hydrogen-bond donors (Lipinski definition) is 0. The fourth-order valence-corrected chi connectivity index (χ4v) is 5.59. The molecule has 0 saturated carbocycles. The Morgan fingerprint density at radius 3 is 2.49 bits per heavy atom. The van der Waals surface area contributed by atoms with E-state index in [1.807, 2.05) is 4.57 Å². The van der Waals surface area contributed by atoms with Crippen molar-refractivity contribution in [1.29, 1.82) is 0 Å². The second-order valence-corrected chi connectivity index (χ2v) is 9.64. The van der Waals surface area contributed by atoms with Crippen LogP contribution in [-0.4, -0.2) is 38.9 Å². The van der Waals surface area contributed by atoms with E-state index in [1.54, 1.807) is 22.9 Å². The molecule has 1 saturated heterocycles. The largest absolute Gasteiger partial charge is 0.456 e. The Bertz CT molecular complexity index is 1410. The van der Waals surface area contributed by atoms with Gasteiger partial charge in [-0.3, -0.25) is 4.57 Å². The number of rotatable bonds is 5. The first kappa shape index (κ1) is 22.2. The van der Waals surface area contributed by atoms with Crippen molar-refractivity contribution < 1.29 is 13.2 Å². The zero-order valence-corrected chi connectivity index (χ0v) is 19.6. The molecule has 8 heteroatoms. The maximum atomic E-state index is 13.9. The Morgan fingerprint density at radius 1 is 0.943 bits per heavy atom. The summed E-state index contributed by atoms with van der Waals surface area (Å²) < 4.78 is 37.0. The Hall–Kier alpha value is -3.26. The highest BCUT2D eigenvalue weighted by atomic mass is 19.1. The van der Waals surface area contributed by atoms with Crippen LogP contribution in [0.4, 0.5) is 8.78 Å². The van der Waals surface area contributed by atoms with Crippen molar-refractivity contribution in [2.45, 2.75) is 51.1 Å². The summed E-state index contributed by atoms with van der Waals surface area (Å²) in [5.41, 5.74) is 2.40. The SMILES string of the molecule is O=c1n(CCN2CCC(c3c(-c4ccc(F)cc4)oc4cc(F)ccc34)CC2)nc2n1CCCC2. The first-order chi connectivity index (χ1) is 17.1. The van der Waals surface area contributed by atoms with Crippen molar-refractivity contribution >= 4 is 11.0 Å². The van der Waals surface area contributed by atoms with Crippen molar-refractivity contribution in [2.24, 2.45) is 0 Å². The molecule has 2 aromatic carbocycles. The van der Waals surface area contributed by atoms with Gasteiger partial charge in [0, 0.05) is 42.1 Å². The predicted octanol–water partition coefficient (Wildman–Crippen LogP) is 4.95. The predicted molar refractivity (Wildman–Crippen MR) is 129 cm³/mol. The van der Waals surface area contributed by atoms with Gasteiger partial charge in [-0.15, -0.1) is 0 Å². The van der Waals surface area contributed by atoms with E-state index < -0.39 is 0 Å². The molecule has 0 N–H and O–H groups in total. The molecule has 1 fully saturated rings. The van der Waals surface area contributed by atoms with Gasteiger partial charge in [0.25, 0.3) is 0 Å². The Kier molecular flexibility index (Phi) is 5.76. The van der Waals surface area contributed by atoms with Gasteiger partial charge in [0.05, 0.1) is 6.54 Å². The zero-order valence-electron chi connectivity index (χ0n) is 19.6. The summed E-state index contributed by atoms with van der Waals surface area (Å²) in [7, 11) is 0. The molecule has 4 aromatic rings. The van der Waals surface area contributed by atoms with Crippen LogP contribution in [-0.2, 0) is 19.5 Å². The van der Waals surface area contributed by atoms with Gasteiger partial charge in [-0.1, -0.05) is 0 Å². The number of aromatic nitrogens is 3. The third kappa shape index (κ3) is 4.20. The topological polar surface area (TPSA) is 56.2 Å². The smallest absolute Gasteiger partial charge is 0.345 e. The molecule has 182 valence electrons. The first-order valence-corrected chi connectivity index (χ1v) is 12.4. The van der Waals surface area contributed by atoms with Crippen LogP contribution in [0, 0.1) is 11.6 Å². The molecule has 2 aromatic heterocycles. The number of hydrogen-bond acceptors (Lipinski definition) is 4. The second-order valence-electron chi connectivity index (χ2n) is 9.64. The number of halogens is 2. The van der Waals surface area contributed by atoms with E-state index in [0.717, 1.165) is 80.6 Å². The summed E-state index contributed by atoms with van der Waals surface area (Å²) in [5, 5.41) is 5.47. The first-order valence-electron chi connectivity index (χ1n) is 12.4. The molecule has 2 aliphatic rings. The van der Waals surface area contributed by atoms with Crippen LogP contribution in [0.25, 0.3) is 22.3 Å². The van der Waals surface area contributed by atoms with Crippen LogP contribution >= 0.6 is 0 Å². The van der Waals surface area contributed by atoms with Gasteiger partial charge in [-0.2, -0.15) is 5.10 Å². The second kappa shape index (κ2) is 9.07. The quantitative estimate of drug-likeness (QED) is 0.407. The average molecular weight is 479 g/mol. The summed E-state index contributed by atoms with van der Waals surface area (Å²) in [6.45, 7) is 3.94. The fraction of sp³-hybridized carbons (Fsp3) is 0.407. The molecule has 6 rings (SSSR count). The van der Waals surface area contributed by atoms with Crippen LogP contribution < -0.4 is 5.69 Å². The Labute approximate surface area is 201 Å². The van der Waals surface area contributed by atoms with E-state index in [1.165, 1.54) is 24.3 Å². The van der Waals surface area contributed by atoms with E-state index in [4.69, 9.17) is 4.42 Å². The van der Waals surface area contributed by atoms with Gasteiger partial charge in [-0.05, 0) is 81.1 Å². The van der Waals surface area contributed by atoms with Gasteiger partial charge >= 0.3 is 5.69 Å². The number of likely N-dealkylation sites (tertiary alicyclic amines) is 1. The minimum atomic E-state index is -0.338. The normalized spacial score (nSPS) is 17.2. The third-order valence-corrected chi connectivity index (χ3v) is 7.45. The van der Waals surface area contributed by atoms with Crippen molar-refractivity contribution in [3.8, 4) is 11.3 Å². The molecular formula is C27H28F2N4O2. The monoisotopic (exact) mass is 478 g/mol. The van der Waals surface area contributed by atoms with E-state index in [2.05, 4.69) is 10.00 Å². The fourth-order valence-electron chi connectivity index (χ4n) is 5.59. The van der Waals surface area contributed by atoms with Crippen LogP contribution in [0.3, 0.4) is 0 Å². The minimum absolute atomic E-state index is 0.00984. The van der Waals surface area contributed by atoms with E-state index in [-0.39, 0.29) is 23.2 Å². The van der Waals surface area contributed by atoms with Crippen molar-refractivity contribution in [3.63, 3.8) is 0 Å². The zero-order chi connectivity index (χ0) is 23.9. The van der Waals surface area contributed by atoms with Crippen molar-refractivity contribution in [2.75, 3.05) is 19.6 Å². The van der Waals surface area contributed by atoms with E-state index >= 15 is 0 Å². The molecule has 6 nitrogen and oxygen atoms in total. The number of aryl methyl sites for hydroxylation is 1. The van der Waals surface area contributed by atoms with Gasteiger partial charge in [0.1, 0.15) is 28.8 Å². The molecule has 2 aliphatic heterocycles. The van der Waals surface area contributed by atoms with Crippen molar-refractivity contribution in [1.82, 2.24) is 19.2 Å². The van der Waals surface area contributed by atoms with E-state index in [0.29, 0.717) is 17.9 Å². The van der Waals surface area contributed by atoms with Crippen LogP contribution in [0.5, 0.6) is 0 Å². The lowest BCUT2D eigenvalue weighted by molar-refractivity contribution is 0.202. The highest BCUT2D eigenvalue weighted by Crippen LogP contribution is 2.42. The number of fused-ring (bicyclic) bond motifs is 2. The van der Waals surface area contributed by atoms with Crippen LogP contribution in [0.1, 0.15) is 43.0 Å².